The fourth-order valence-electron chi connectivity index (χ4n) is 1.86. The predicted octanol–water partition coefficient (Wildman–Crippen LogP) is -2.53. The number of ether oxygens (including phenoxy) is 1. The second-order valence-electron chi connectivity index (χ2n) is 4.41. The Bertz CT molecular complexity index is 440. The molecule has 2 unspecified atom stereocenters. The summed E-state index contributed by atoms with van der Waals surface area (Å²) in [6, 6.07) is -3.06. The number of nitrogens with zero attached hydrogens (tertiary/aromatic N) is 1. The normalized spacial score (nSPS) is 19.5. The monoisotopic (exact) mass is 302 g/mol. The summed E-state index contributed by atoms with van der Waals surface area (Å²) in [6.45, 7) is 0.377. The molecule has 0 bridgehead atoms. The Hall–Kier alpha value is -2.36. The van der Waals surface area contributed by atoms with Gasteiger partial charge in [0.2, 0.25) is 11.8 Å². The molecule has 1 rings (SSSR count). The van der Waals surface area contributed by atoms with Crippen molar-refractivity contribution in [2.45, 2.75) is 18.5 Å². The van der Waals surface area contributed by atoms with Crippen LogP contribution in [0.25, 0.3) is 0 Å². The lowest BCUT2D eigenvalue weighted by molar-refractivity contribution is -0.141. The zero-order chi connectivity index (χ0) is 16.0. The number of urea groups is 1. The van der Waals surface area contributed by atoms with Crippen LogP contribution in [-0.4, -0.2) is 72.7 Å². The van der Waals surface area contributed by atoms with Crippen LogP contribution in [0.5, 0.6) is 0 Å². The van der Waals surface area contributed by atoms with E-state index < -0.39 is 42.3 Å². The SMILES string of the molecule is CNC(=O)C1COCCN1C(=O)NC(CC(N)=O)C(=O)O. The summed E-state index contributed by atoms with van der Waals surface area (Å²) in [5, 5.41) is 13.5. The lowest BCUT2D eigenvalue weighted by atomic mass is 10.2. The van der Waals surface area contributed by atoms with E-state index >= 15 is 0 Å². The van der Waals surface area contributed by atoms with E-state index in [1.54, 1.807) is 0 Å². The summed E-state index contributed by atoms with van der Waals surface area (Å²) in [5.41, 5.74) is 4.93. The van der Waals surface area contributed by atoms with Crippen LogP contribution in [0.2, 0.25) is 0 Å². The van der Waals surface area contributed by atoms with Gasteiger partial charge in [-0.1, -0.05) is 0 Å². The number of carbonyl (C=O) groups excluding carboxylic acids is 3. The van der Waals surface area contributed by atoms with Crippen LogP contribution in [0.3, 0.4) is 0 Å². The Morgan fingerprint density at radius 2 is 2.10 bits per heavy atom. The van der Waals surface area contributed by atoms with E-state index in [1.807, 2.05) is 0 Å². The fourth-order valence-corrected chi connectivity index (χ4v) is 1.86. The van der Waals surface area contributed by atoms with Crippen molar-refractivity contribution in [3.05, 3.63) is 0 Å². The number of aliphatic carboxylic acids is 1. The molecule has 0 saturated carbocycles. The second kappa shape index (κ2) is 7.43. The van der Waals surface area contributed by atoms with Crippen molar-refractivity contribution in [3.63, 3.8) is 0 Å². The number of carbonyl (C=O) groups is 4. The van der Waals surface area contributed by atoms with Gasteiger partial charge in [0.05, 0.1) is 19.6 Å². The van der Waals surface area contributed by atoms with E-state index in [9.17, 15) is 19.2 Å². The molecule has 1 saturated heterocycles. The Labute approximate surface area is 120 Å². The van der Waals surface area contributed by atoms with Gasteiger partial charge in [-0.15, -0.1) is 0 Å². The number of carboxylic acids is 1. The molecule has 0 spiro atoms. The molecule has 118 valence electrons. The molecule has 10 nitrogen and oxygen atoms in total. The quantitative estimate of drug-likeness (QED) is 0.439. The minimum atomic E-state index is -1.44. The smallest absolute Gasteiger partial charge is 0.326 e. The van der Waals surface area contributed by atoms with Crippen molar-refractivity contribution in [2.24, 2.45) is 5.73 Å². The van der Waals surface area contributed by atoms with Crippen LogP contribution in [0, 0.1) is 0 Å². The number of hydrogen-bond acceptors (Lipinski definition) is 5. The first-order valence-electron chi connectivity index (χ1n) is 6.24. The highest BCUT2D eigenvalue weighted by Crippen LogP contribution is 2.08. The number of carboxylic acid groups (broad SMARTS) is 1. The zero-order valence-electron chi connectivity index (χ0n) is 11.5. The first-order valence-corrected chi connectivity index (χ1v) is 6.24. The van der Waals surface area contributed by atoms with Crippen molar-refractivity contribution in [3.8, 4) is 0 Å². The van der Waals surface area contributed by atoms with Gasteiger partial charge >= 0.3 is 12.0 Å². The minimum absolute atomic E-state index is 0.0145. The van der Waals surface area contributed by atoms with Crippen LogP contribution in [0.15, 0.2) is 0 Å². The molecule has 1 fully saturated rings. The van der Waals surface area contributed by atoms with Crippen LogP contribution in [0.4, 0.5) is 4.79 Å². The molecule has 1 aliphatic heterocycles. The van der Waals surface area contributed by atoms with E-state index in [1.165, 1.54) is 11.9 Å². The summed E-state index contributed by atoms with van der Waals surface area (Å²) in [4.78, 5) is 46.7. The molecule has 0 aromatic carbocycles. The minimum Gasteiger partial charge on any atom is -0.480 e. The Morgan fingerprint density at radius 1 is 1.43 bits per heavy atom. The molecule has 10 heteroatoms. The molecule has 0 aliphatic carbocycles. The molecular weight excluding hydrogens is 284 g/mol. The maximum absolute atomic E-state index is 12.1. The first kappa shape index (κ1) is 16.7. The number of amides is 4. The van der Waals surface area contributed by atoms with E-state index in [4.69, 9.17) is 15.6 Å². The van der Waals surface area contributed by atoms with Crippen LogP contribution in [-0.2, 0) is 19.1 Å². The third-order valence-corrected chi connectivity index (χ3v) is 2.94. The number of morpholine rings is 1. The molecule has 4 amide bonds. The third-order valence-electron chi connectivity index (χ3n) is 2.94. The first-order chi connectivity index (χ1) is 9.86. The Kier molecular flexibility index (Phi) is 5.91. The summed E-state index contributed by atoms with van der Waals surface area (Å²) < 4.78 is 5.13. The van der Waals surface area contributed by atoms with Crippen LogP contribution < -0.4 is 16.4 Å². The van der Waals surface area contributed by atoms with Gasteiger partial charge in [0.1, 0.15) is 12.1 Å². The van der Waals surface area contributed by atoms with E-state index in [-0.39, 0.29) is 19.8 Å². The molecule has 1 aliphatic rings. The van der Waals surface area contributed by atoms with Gasteiger partial charge in [0.25, 0.3) is 0 Å². The maximum Gasteiger partial charge on any atom is 0.326 e. The maximum atomic E-state index is 12.1. The average Bonchev–Trinajstić information content (AvgIpc) is 2.45. The van der Waals surface area contributed by atoms with Crippen molar-refractivity contribution >= 4 is 23.8 Å². The fraction of sp³-hybridized carbons (Fsp3) is 0.636. The Morgan fingerprint density at radius 3 is 2.62 bits per heavy atom. The molecule has 0 radical (unpaired) electrons. The predicted molar refractivity (Wildman–Crippen MR) is 69.1 cm³/mol. The zero-order valence-corrected chi connectivity index (χ0v) is 11.5. The van der Waals surface area contributed by atoms with Gasteiger partial charge in [-0.25, -0.2) is 9.59 Å². The number of rotatable bonds is 5. The third kappa shape index (κ3) is 4.60. The lowest BCUT2D eigenvalue weighted by Crippen LogP contribution is -2.60. The number of hydrogen-bond donors (Lipinski definition) is 4. The van der Waals surface area contributed by atoms with Crippen LogP contribution >= 0.6 is 0 Å². The highest BCUT2D eigenvalue weighted by Gasteiger charge is 2.34. The van der Waals surface area contributed by atoms with Crippen molar-refractivity contribution in [1.82, 2.24) is 15.5 Å². The van der Waals surface area contributed by atoms with E-state index in [2.05, 4.69) is 10.6 Å². The largest absolute Gasteiger partial charge is 0.480 e. The van der Waals surface area contributed by atoms with Crippen LogP contribution in [0.1, 0.15) is 6.42 Å². The van der Waals surface area contributed by atoms with Gasteiger partial charge in [0.15, 0.2) is 0 Å². The summed E-state index contributed by atoms with van der Waals surface area (Å²) in [6.07, 6.45) is -0.532. The number of nitrogens with two attached hydrogens (primary N) is 1. The summed E-state index contributed by atoms with van der Waals surface area (Å²) >= 11 is 0. The molecule has 1 heterocycles. The standard InChI is InChI=1S/C11H18N4O6/c1-13-9(17)7-5-21-3-2-15(7)11(20)14-6(10(18)19)4-8(12)16/h6-7H,2-5H2,1H3,(H2,12,16)(H,13,17)(H,14,20)(H,18,19). The van der Waals surface area contributed by atoms with Gasteiger partial charge in [-0.05, 0) is 0 Å². The molecule has 0 aromatic rings. The van der Waals surface area contributed by atoms with Crippen molar-refractivity contribution in [2.75, 3.05) is 26.8 Å². The topological polar surface area (TPSA) is 151 Å². The van der Waals surface area contributed by atoms with Crippen molar-refractivity contribution < 1.29 is 29.0 Å². The molecule has 2 atom stereocenters. The highest BCUT2D eigenvalue weighted by molar-refractivity contribution is 5.90. The van der Waals surface area contributed by atoms with Gasteiger partial charge < -0.3 is 31.1 Å². The molecule has 5 N–H and O–H groups in total. The average molecular weight is 302 g/mol. The summed E-state index contributed by atoms with van der Waals surface area (Å²) in [5.74, 6) is -2.66. The summed E-state index contributed by atoms with van der Waals surface area (Å²) in [7, 11) is 1.42. The molecule has 21 heavy (non-hydrogen) atoms. The highest BCUT2D eigenvalue weighted by atomic mass is 16.5. The Balaban J connectivity index is 2.76. The van der Waals surface area contributed by atoms with Gasteiger partial charge in [0, 0.05) is 13.6 Å². The van der Waals surface area contributed by atoms with Gasteiger partial charge in [-0.2, -0.15) is 0 Å². The number of nitrogens with one attached hydrogen (secondary N) is 2. The number of primary amides is 1. The second-order valence-corrected chi connectivity index (χ2v) is 4.41. The molecule has 0 aromatic heterocycles. The molecular formula is C11H18N4O6. The van der Waals surface area contributed by atoms with Crippen molar-refractivity contribution in [1.29, 1.82) is 0 Å². The van der Waals surface area contributed by atoms with E-state index in [0.717, 1.165) is 0 Å². The van der Waals surface area contributed by atoms with Gasteiger partial charge in [-0.3, -0.25) is 9.59 Å². The lowest BCUT2D eigenvalue weighted by Gasteiger charge is -2.34. The number of likely N-dealkylation sites (N-methyl/N-ethyl adjacent to an activating group) is 1. The van der Waals surface area contributed by atoms with E-state index in [0.29, 0.717) is 0 Å².